The van der Waals surface area contributed by atoms with Crippen molar-refractivity contribution >= 4 is 29.2 Å². The molecule has 96 valence electrons. The maximum Gasteiger partial charge on any atom is 0.335 e. The van der Waals surface area contributed by atoms with E-state index in [-0.39, 0.29) is 29.1 Å². The van der Waals surface area contributed by atoms with E-state index in [2.05, 4.69) is 0 Å². The minimum Gasteiger partial charge on any atom is -0.478 e. The summed E-state index contributed by atoms with van der Waals surface area (Å²) in [6.45, 7) is 2.29. The summed E-state index contributed by atoms with van der Waals surface area (Å²) in [6, 6.07) is 4.19. The molecule has 1 atom stereocenters. The number of hydrogen-bond acceptors (Lipinski definition) is 3. The third-order valence-electron chi connectivity index (χ3n) is 2.75. The van der Waals surface area contributed by atoms with Crippen molar-refractivity contribution in [1.82, 2.24) is 0 Å². The van der Waals surface area contributed by atoms with E-state index >= 15 is 0 Å². The van der Waals surface area contributed by atoms with E-state index < -0.39 is 5.97 Å². The predicted octanol–water partition coefficient (Wildman–Crippen LogP) is 1.79. The first-order chi connectivity index (χ1) is 8.50. The molecule has 6 heteroatoms. The molecule has 0 radical (unpaired) electrons. The molecule has 0 bridgehead atoms. The second-order valence-corrected chi connectivity index (χ2v) is 4.51. The highest BCUT2D eigenvalue weighted by atomic mass is 35.5. The normalized spacial score (nSPS) is 20.0. The van der Waals surface area contributed by atoms with Gasteiger partial charge in [-0.1, -0.05) is 11.6 Å². The maximum absolute atomic E-state index is 11.8. The predicted molar refractivity (Wildman–Crippen MR) is 66.2 cm³/mol. The Kier molecular flexibility index (Phi) is 3.54. The first kappa shape index (κ1) is 12.9. The molecule has 1 amide bonds. The number of anilines is 1. The number of hydrogen-bond donors (Lipinski definition) is 1. The molecule has 0 aromatic heterocycles. The van der Waals surface area contributed by atoms with E-state index in [1.165, 1.54) is 17.0 Å². The van der Waals surface area contributed by atoms with Crippen LogP contribution in [0.4, 0.5) is 5.69 Å². The number of amides is 1. The third-order valence-corrected chi connectivity index (χ3v) is 3.05. The van der Waals surface area contributed by atoms with Gasteiger partial charge in [-0.05, 0) is 25.1 Å². The zero-order chi connectivity index (χ0) is 13.3. The van der Waals surface area contributed by atoms with Gasteiger partial charge >= 0.3 is 5.97 Å². The highest BCUT2D eigenvalue weighted by molar-refractivity contribution is 6.34. The van der Waals surface area contributed by atoms with Crippen molar-refractivity contribution in [2.24, 2.45) is 0 Å². The van der Waals surface area contributed by atoms with Crippen molar-refractivity contribution in [3.05, 3.63) is 28.8 Å². The fourth-order valence-corrected chi connectivity index (χ4v) is 2.19. The van der Waals surface area contributed by atoms with Crippen LogP contribution in [0.3, 0.4) is 0 Å². The van der Waals surface area contributed by atoms with Crippen LogP contribution in [-0.2, 0) is 9.53 Å². The third kappa shape index (κ3) is 2.32. The Hall–Kier alpha value is -1.59. The second kappa shape index (κ2) is 4.96. The summed E-state index contributed by atoms with van der Waals surface area (Å²) >= 11 is 6.04. The lowest BCUT2D eigenvalue weighted by atomic mass is 10.1. The zero-order valence-electron chi connectivity index (χ0n) is 9.72. The fourth-order valence-electron chi connectivity index (χ4n) is 1.91. The number of ether oxygens (including phenoxy) is 1. The Balaban J connectivity index is 2.38. The Labute approximate surface area is 109 Å². The van der Waals surface area contributed by atoms with Crippen LogP contribution >= 0.6 is 11.6 Å². The van der Waals surface area contributed by atoms with Crippen molar-refractivity contribution in [1.29, 1.82) is 0 Å². The van der Waals surface area contributed by atoms with Gasteiger partial charge in [-0.2, -0.15) is 0 Å². The minimum absolute atomic E-state index is 0.0152. The highest BCUT2D eigenvalue weighted by Gasteiger charge is 2.28. The molecule has 5 nitrogen and oxygen atoms in total. The monoisotopic (exact) mass is 269 g/mol. The lowest BCUT2D eigenvalue weighted by Gasteiger charge is -2.33. The van der Waals surface area contributed by atoms with Crippen LogP contribution in [0.5, 0.6) is 0 Å². The standard InChI is InChI=1S/C12H12ClNO4/c1-7-5-18-6-11(15)14(7)10-3-2-8(12(16)17)4-9(10)13/h2-4,7H,5-6H2,1H3,(H,16,17). The second-order valence-electron chi connectivity index (χ2n) is 4.10. The fraction of sp³-hybridized carbons (Fsp3) is 0.333. The number of carbonyl (C=O) groups is 2. The summed E-state index contributed by atoms with van der Waals surface area (Å²) in [5.74, 6) is -1.23. The maximum atomic E-state index is 11.8. The van der Waals surface area contributed by atoms with Gasteiger partial charge in [0.15, 0.2) is 0 Å². The lowest BCUT2D eigenvalue weighted by Crippen LogP contribution is -2.48. The van der Waals surface area contributed by atoms with E-state index in [9.17, 15) is 9.59 Å². The van der Waals surface area contributed by atoms with Crippen molar-refractivity contribution in [2.45, 2.75) is 13.0 Å². The minimum atomic E-state index is -1.05. The van der Waals surface area contributed by atoms with Gasteiger partial charge in [-0.15, -0.1) is 0 Å². The molecule has 1 heterocycles. The van der Waals surface area contributed by atoms with Gasteiger partial charge in [0.25, 0.3) is 5.91 Å². The van der Waals surface area contributed by atoms with Gasteiger partial charge in [-0.25, -0.2) is 4.79 Å². The van der Waals surface area contributed by atoms with Crippen LogP contribution in [0.25, 0.3) is 0 Å². The number of benzene rings is 1. The molecule has 0 saturated carbocycles. The molecule has 1 aliphatic rings. The molecule has 1 saturated heterocycles. The summed E-state index contributed by atoms with van der Waals surface area (Å²) in [5.41, 5.74) is 0.611. The van der Waals surface area contributed by atoms with Gasteiger partial charge in [0.1, 0.15) is 6.61 Å². The highest BCUT2D eigenvalue weighted by Crippen LogP contribution is 2.29. The van der Waals surface area contributed by atoms with Crippen LogP contribution in [0.1, 0.15) is 17.3 Å². The molecule has 1 N–H and O–H groups in total. The van der Waals surface area contributed by atoms with Crippen LogP contribution < -0.4 is 4.90 Å². The Morgan fingerprint density at radius 1 is 1.56 bits per heavy atom. The average Bonchev–Trinajstić information content (AvgIpc) is 2.30. The molecule has 18 heavy (non-hydrogen) atoms. The van der Waals surface area contributed by atoms with Gasteiger partial charge in [0.05, 0.1) is 28.9 Å². The molecular weight excluding hydrogens is 258 g/mol. The SMILES string of the molecule is CC1COCC(=O)N1c1ccc(C(=O)O)cc1Cl. The summed E-state index contributed by atoms with van der Waals surface area (Å²) < 4.78 is 5.12. The first-order valence-corrected chi connectivity index (χ1v) is 5.81. The lowest BCUT2D eigenvalue weighted by molar-refractivity contribution is -0.127. The van der Waals surface area contributed by atoms with Crippen molar-refractivity contribution in [3.8, 4) is 0 Å². The molecule has 1 aromatic carbocycles. The van der Waals surface area contributed by atoms with Gasteiger partial charge in [0.2, 0.25) is 0 Å². The molecule has 1 aromatic rings. The number of nitrogens with zero attached hydrogens (tertiary/aromatic N) is 1. The van der Waals surface area contributed by atoms with Crippen LogP contribution in [0.15, 0.2) is 18.2 Å². The number of rotatable bonds is 2. The molecule has 1 fully saturated rings. The molecular formula is C12H12ClNO4. The van der Waals surface area contributed by atoms with E-state index in [4.69, 9.17) is 21.4 Å². The van der Waals surface area contributed by atoms with E-state index in [0.29, 0.717) is 12.3 Å². The first-order valence-electron chi connectivity index (χ1n) is 5.43. The van der Waals surface area contributed by atoms with Gasteiger partial charge in [-0.3, -0.25) is 4.79 Å². The average molecular weight is 270 g/mol. The van der Waals surface area contributed by atoms with E-state index in [1.54, 1.807) is 6.07 Å². The molecule has 2 rings (SSSR count). The number of carboxylic acids is 1. The Bertz CT molecular complexity index is 503. The van der Waals surface area contributed by atoms with Crippen molar-refractivity contribution in [2.75, 3.05) is 18.1 Å². The molecule has 1 unspecified atom stereocenters. The zero-order valence-corrected chi connectivity index (χ0v) is 10.5. The van der Waals surface area contributed by atoms with Gasteiger partial charge in [0, 0.05) is 0 Å². The number of morpholine rings is 1. The summed E-state index contributed by atoms with van der Waals surface area (Å²) in [5, 5.41) is 9.10. The van der Waals surface area contributed by atoms with E-state index in [0.717, 1.165) is 0 Å². The van der Waals surface area contributed by atoms with Crippen LogP contribution in [-0.4, -0.2) is 36.2 Å². The Morgan fingerprint density at radius 3 is 2.83 bits per heavy atom. The summed E-state index contributed by atoms with van der Waals surface area (Å²) in [7, 11) is 0. The molecule has 1 aliphatic heterocycles. The molecule has 0 aliphatic carbocycles. The number of carbonyl (C=O) groups excluding carboxylic acids is 1. The number of carboxylic acid groups (broad SMARTS) is 1. The van der Waals surface area contributed by atoms with Crippen molar-refractivity contribution < 1.29 is 19.4 Å². The Morgan fingerprint density at radius 2 is 2.28 bits per heavy atom. The van der Waals surface area contributed by atoms with E-state index in [1.807, 2.05) is 6.92 Å². The van der Waals surface area contributed by atoms with Gasteiger partial charge < -0.3 is 14.7 Å². The smallest absolute Gasteiger partial charge is 0.335 e. The number of halogens is 1. The van der Waals surface area contributed by atoms with Crippen molar-refractivity contribution in [3.63, 3.8) is 0 Å². The number of aromatic carboxylic acids is 1. The quantitative estimate of drug-likeness (QED) is 0.889. The topological polar surface area (TPSA) is 66.8 Å². The summed E-state index contributed by atoms with van der Waals surface area (Å²) in [4.78, 5) is 24.2. The largest absolute Gasteiger partial charge is 0.478 e. The molecule has 0 spiro atoms. The summed E-state index contributed by atoms with van der Waals surface area (Å²) in [6.07, 6.45) is 0. The van der Waals surface area contributed by atoms with Crippen LogP contribution in [0.2, 0.25) is 5.02 Å². The van der Waals surface area contributed by atoms with Crippen LogP contribution in [0, 0.1) is 0 Å².